The normalized spacial score (nSPS) is 21.4. The first-order valence-electron chi connectivity index (χ1n) is 11.7. The number of carbonyl (C=O) groups excluding carboxylic acids is 1. The van der Waals surface area contributed by atoms with E-state index in [0.29, 0.717) is 27.8 Å². The van der Waals surface area contributed by atoms with Crippen LogP contribution in [0.2, 0.25) is 5.02 Å². The fraction of sp³-hybridized carbons (Fsp3) is 0.500. The lowest BCUT2D eigenvalue weighted by atomic mass is 9.84. The van der Waals surface area contributed by atoms with Gasteiger partial charge in [-0.05, 0) is 19.1 Å². The Hall–Kier alpha value is -3.31. The number of hydrogen-bond donors (Lipinski definition) is 1. The number of aromatic nitrogens is 2. The monoisotopic (exact) mass is 577 g/mol. The molecular formula is C24H22ClF6N5O3. The van der Waals surface area contributed by atoms with Gasteiger partial charge in [-0.1, -0.05) is 17.7 Å². The highest BCUT2D eigenvalue weighted by Crippen LogP contribution is 2.42. The molecule has 210 valence electrons. The number of likely N-dealkylation sites (tertiary alicyclic amines) is 1. The highest BCUT2D eigenvalue weighted by molar-refractivity contribution is 6.33. The van der Waals surface area contributed by atoms with Crippen LogP contribution in [0.15, 0.2) is 24.5 Å². The molecule has 3 heterocycles. The van der Waals surface area contributed by atoms with Crippen molar-refractivity contribution < 1.29 is 40.6 Å². The van der Waals surface area contributed by atoms with Crippen LogP contribution < -0.4 is 10.1 Å². The zero-order valence-corrected chi connectivity index (χ0v) is 21.1. The lowest BCUT2D eigenvalue weighted by Gasteiger charge is -2.46. The van der Waals surface area contributed by atoms with Crippen LogP contribution in [-0.2, 0) is 9.53 Å². The van der Waals surface area contributed by atoms with Gasteiger partial charge in [0.2, 0.25) is 11.8 Å². The number of benzene rings is 1. The molecule has 2 unspecified atom stereocenters. The van der Waals surface area contributed by atoms with Gasteiger partial charge >= 0.3 is 12.4 Å². The molecule has 0 aliphatic carbocycles. The summed E-state index contributed by atoms with van der Waals surface area (Å²) in [5.74, 6) is -5.38. The number of anilines is 2. The van der Waals surface area contributed by atoms with Crippen LogP contribution in [-0.4, -0.2) is 65.5 Å². The van der Waals surface area contributed by atoms with Gasteiger partial charge in [0.05, 0.1) is 36.1 Å². The van der Waals surface area contributed by atoms with E-state index < -0.39 is 48.5 Å². The van der Waals surface area contributed by atoms with Gasteiger partial charge in [0.15, 0.2) is 11.6 Å². The van der Waals surface area contributed by atoms with Crippen molar-refractivity contribution >= 4 is 34.7 Å². The van der Waals surface area contributed by atoms with Crippen LogP contribution in [0.5, 0.6) is 5.88 Å². The largest absolute Gasteiger partial charge is 0.473 e. The average molecular weight is 578 g/mol. The Morgan fingerprint density at radius 2 is 1.85 bits per heavy atom. The fourth-order valence-electron chi connectivity index (χ4n) is 4.63. The molecule has 39 heavy (non-hydrogen) atoms. The van der Waals surface area contributed by atoms with E-state index >= 15 is 0 Å². The van der Waals surface area contributed by atoms with E-state index in [9.17, 15) is 31.1 Å². The topological polar surface area (TPSA) is 80.9 Å². The van der Waals surface area contributed by atoms with Gasteiger partial charge in [-0.3, -0.25) is 4.79 Å². The Kier molecular flexibility index (Phi) is 8.13. The van der Waals surface area contributed by atoms with Crippen molar-refractivity contribution in [2.75, 3.05) is 31.6 Å². The molecule has 2 bridgehead atoms. The number of hydrogen-bond acceptors (Lipinski definition) is 6. The van der Waals surface area contributed by atoms with E-state index in [0.717, 1.165) is 4.90 Å². The molecule has 15 heteroatoms. The number of fused-ring (bicyclic) bond motifs is 2. The molecular weight excluding hydrogens is 556 g/mol. The van der Waals surface area contributed by atoms with Crippen LogP contribution in [0.3, 0.4) is 0 Å². The van der Waals surface area contributed by atoms with E-state index in [-0.39, 0.29) is 32.2 Å². The molecule has 2 atom stereocenters. The Morgan fingerprint density at radius 1 is 1.21 bits per heavy atom. The Bertz CT molecular complexity index is 1240. The summed E-state index contributed by atoms with van der Waals surface area (Å²) in [5, 5.41) is 3.35. The molecule has 8 nitrogen and oxygen atoms in total. The average Bonchev–Trinajstić information content (AvgIpc) is 2.84. The maximum Gasteiger partial charge on any atom is 0.400 e. The smallest absolute Gasteiger partial charge is 0.400 e. The molecule has 0 saturated carbocycles. The van der Waals surface area contributed by atoms with Crippen molar-refractivity contribution in [2.45, 2.75) is 31.8 Å². The molecule has 1 N–H and O–H groups in total. The SMILES string of the molecule is [C-]#[N+]c1ccc(Nc2ncnc(OC3C4COCC3CN(C(=O)CC(C(F)(F)F)C(F)(F)F)C4)c2C)c(Cl)c1. The lowest BCUT2D eigenvalue weighted by molar-refractivity contribution is -0.285. The maximum atomic E-state index is 13.0. The van der Waals surface area contributed by atoms with Crippen molar-refractivity contribution in [3.05, 3.63) is 46.5 Å². The van der Waals surface area contributed by atoms with E-state index in [1.54, 1.807) is 19.1 Å². The maximum absolute atomic E-state index is 13.0. The summed E-state index contributed by atoms with van der Waals surface area (Å²) in [6, 6.07) is 4.69. The second-order valence-electron chi connectivity index (χ2n) is 9.33. The van der Waals surface area contributed by atoms with Gasteiger partial charge in [0.1, 0.15) is 18.2 Å². The van der Waals surface area contributed by atoms with Crippen LogP contribution in [0, 0.1) is 31.2 Å². The third kappa shape index (κ3) is 6.47. The summed E-state index contributed by atoms with van der Waals surface area (Å²) in [6.45, 7) is 8.72. The molecule has 0 radical (unpaired) electrons. The first kappa shape index (κ1) is 28.7. The molecule has 2 saturated heterocycles. The number of piperidine rings is 1. The summed E-state index contributed by atoms with van der Waals surface area (Å²) in [5.41, 5.74) is 1.36. The van der Waals surface area contributed by atoms with Crippen molar-refractivity contribution in [2.24, 2.45) is 17.8 Å². The first-order chi connectivity index (χ1) is 18.3. The summed E-state index contributed by atoms with van der Waals surface area (Å²) in [6.07, 6.45) is -12.2. The van der Waals surface area contributed by atoms with Crippen LogP contribution >= 0.6 is 11.6 Å². The minimum Gasteiger partial charge on any atom is -0.473 e. The van der Waals surface area contributed by atoms with Crippen LogP contribution in [0.25, 0.3) is 4.85 Å². The Morgan fingerprint density at radius 3 is 2.41 bits per heavy atom. The van der Waals surface area contributed by atoms with Gasteiger partial charge in [-0.25, -0.2) is 14.8 Å². The van der Waals surface area contributed by atoms with E-state index in [1.807, 2.05) is 0 Å². The third-order valence-corrected chi connectivity index (χ3v) is 6.96. The van der Waals surface area contributed by atoms with Gasteiger partial charge in [0, 0.05) is 31.3 Å². The zero-order valence-electron chi connectivity index (χ0n) is 20.3. The highest BCUT2D eigenvalue weighted by atomic mass is 35.5. The third-order valence-electron chi connectivity index (χ3n) is 6.64. The van der Waals surface area contributed by atoms with Gasteiger partial charge in [0.25, 0.3) is 0 Å². The molecule has 1 aromatic carbocycles. The number of nitrogens with zero attached hydrogens (tertiary/aromatic N) is 4. The summed E-state index contributed by atoms with van der Waals surface area (Å²) < 4.78 is 89.6. The molecule has 2 aliphatic heterocycles. The number of alkyl halides is 6. The van der Waals surface area contributed by atoms with E-state index in [1.165, 1.54) is 12.4 Å². The number of nitrogens with one attached hydrogen (secondary N) is 1. The quantitative estimate of drug-likeness (QED) is 0.350. The van der Waals surface area contributed by atoms with Crippen molar-refractivity contribution in [3.63, 3.8) is 0 Å². The van der Waals surface area contributed by atoms with Crippen molar-refractivity contribution in [1.82, 2.24) is 14.9 Å². The number of amides is 1. The second kappa shape index (κ2) is 11.1. The number of rotatable bonds is 6. The molecule has 4 rings (SSSR count). The summed E-state index contributed by atoms with van der Waals surface area (Å²) in [4.78, 5) is 25.2. The number of halogens is 7. The molecule has 1 amide bonds. The molecule has 2 aliphatic rings. The van der Waals surface area contributed by atoms with Gasteiger partial charge < -0.3 is 19.7 Å². The minimum atomic E-state index is -5.59. The molecule has 2 aromatic rings. The molecule has 2 fully saturated rings. The number of ether oxygens (including phenoxy) is 2. The lowest BCUT2D eigenvalue weighted by Crippen LogP contribution is -2.59. The van der Waals surface area contributed by atoms with Gasteiger partial charge in [-0.15, -0.1) is 0 Å². The predicted octanol–water partition coefficient (Wildman–Crippen LogP) is 5.72. The summed E-state index contributed by atoms with van der Waals surface area (Å²) in [7, 11) is 0. The standard InChI is InChI=1S/C24H22ClF6N5O3/c1-12-21(35-17-4-3-15(32-2)5-16(17)25)33-11-34-22(12)39-20-13-7-36(8-14(20)10-38-9-13)19(37)6-18(23(26,27)28)24(29,30)31/h3-5,11,13-14,18,20H,6-10H2,1H3,(H,33,34,35). The van der Waals surface area contributed by atoms with Crippen LogP contribution in [0.1, 0.15) is 12.0 Å². The van der Waals surface area contributed by atoms with Crippen LogP contribution in [0.4, 0.5) is 43.5 Å². The van der Waals surface area contributed by atoms with Crippen molar-refractivity contribution in [1.29, 1.82) is 0 Å². The minimum absolute atomic E-state index is 0.102. The zero-order chi connectivity index (χ0) is 28.5. The summed E-state index contributed by atoms with van der Waals surface area (Å²) >= 11 is 6.24. The molecule has 1 aromatic heterocycles. The van der Waals surface area contributed by atoms with E-state index in [4.69, 9.17) is 27.6 Å². The van der Waals surface area contributed by atoms with Crippen molar-refractivity contribution in [3.8, 4) is 5.88 Å². The predicted molar refractivity (Wildman–Crippen MR) is 127 cm³/mol. The first-order valence-corrected chi connectivity index (χ1v) is 12.1. The number of carbonyl (C=O) groups is 1. The fourth-order valence-corrected chi connectivity index (χ4v) is 4.85. The Labute approximate surface area is 224 Å². The highest BCUT2D eigenvalue weighted by Gasteiger charge is 2.58. The molecule has 0 spiro atoms. The second-order valence-corrected chi connectivity index (χ2v) is 9.74. The van der Waals surface area contributed by atoms with Gasteiger partial charge in [-0.2, -0.15) is 26.3 Å². The Balaban J connectivity index is 1.47. The van der Waals surface area contributed by atoms with E-state index in [2.05, 4.69) is 20.1 Å².